The molecule has 0 N–H and O–H groups in total. The lowest BCUT2D eigenvalue weighted by Crippen LogP contribution is -2.28. The third kappa shape index (κ3) is 1.94. The van der Waals surface area contributed by atoms with Gasteiger partial charge in [-0.1, -0.05) is 6.42 Å². The average molecular weight is 301 g/mol. The Balaban J connectivity index is 1.39. The summed E-state index contributed by atoms with van der Waals surface area (Å²) >= 11 is 1.61. The van der Waals surface area contributed by atoms with Crippen molar-refractivity contribution in [1.29, 1.82) is 0 Å². The molecule has 1 saturated heterocycles. The summed E-state index contributed by atoms with van der Waals surface area (Å²) in [5.41, 5.74) is 0.995. The first-order valence-electron chi connectivity index (χ1n) is 8.06. The predicted octanol–water partition coefficient (Wildman–Crippen LogP) is 3.30. The molecule has 3 heterocycles. The van der Waals surface area contributed by atoms with Gasteiger partial charge in [-0.25, -0.2) is 0 Å². The number of hydrogen-bond acceptors (Lipinski definition) is 3. The molecule has 0 radical (unpaired) electrons. The molecule has 2 aromatic rings. The number of carbonyl (C=O) groups is 1. The summed E-state index contributed by atoms with van der Waals surface area (Å²) in [6.07, 6.45) is 8.60. The first kappa shape index (κ1) is 12.2. The summed E-state index contributed by atoms with van der Waals surface area (Å²) in [7, 11) is 0. The lowest BCUT2D eigenvalue weighted by molar-refractivity contribution is 0.0785. The van der Waals surface area contributed by atoms with E-state index in [1.165, 1.54) is 32.1 Å². The molecule has 3 aliphatic rings. The highest BCUT2D eigenvalue weighted by Crippen LogP contribution is 2.39. The van der Waals surface area contributed by atoms with Gasteiger partial charge in [0.2, 0.25) is 0 Å². The number of aromatic nitrogens is 2. The SMILES string of the molecule is O=C(c1cc2nn(C3CC3)cc2s1)N1C[C@H]2CCC[C@H]2C1. The highest BCUT2D eigenvalue weighted by molar-refractivity contribution is 7.20. The second-order valence-electron chi connectivity index (χ2n) is 6.86. The molecule has 4 nitrogen and oxygen atoms in total. The van der Waals surface area contributed by atoms with Crippen LogP contribution in [0.2, 0.25) is 0 Å². The van der Waals surface area contributed by atoms with Crippen molar-refractivity contribution in [2.45, 2.75) is 38.1 Å². The van der Waals surface area contributed by atoms with Gasteiger partial charge in [-0.2, -0.15) is 5.10 Å². The van der Waals surface area contributed by atoms with E-state index in [2.05, 4.69) is 20.9 Å². The van der Waals surface area contributed by atoms with Crippen LogP contribution in [-0.2, 0) is 0 Å². The van der Waals surface area contributed by atoms with Gasteiger partial charge >= 0.3 is 0 Å². The van der Waals surface area contributed by atoms with Crippen LogP contribution in [0.5, 0.6) is 0 Å². The summed E-state index contributed by atoms with van der Waals surface area (Å²) in [6, 6.07) is 2.61. The van der Waals surface area contributed by atoms with Crippen LogP contribution >= 0.6 is 11.3 Å². The molecule has 3 fully saturated rings. The van der Waals surface area contributed by atoms with Crippen LogP contribution in [0.1, 0.15) is 47.8 Å². The van der Waals surface area contributed by atoms with E-state index in [9.17, 15) is 4.79 Å². The molecular weight excluding hydrogens is 282 g/mol. The van der Waals surface area contributed by atoms with Crippen molar-refractivity contribution >= 4 is 27.5 Å². The Morgan fingerprint density at radius 3 is 2.62 bits per heavy atom. The molecule has 21 heavy (non-hydrogen) atoms. The highest BCUT2D eigenvalue weighted by atomic mass is 32.1. The molecule has 110 valence electrons. The van der Waals surface area contributed by atoms with Crippen LogP contribution in [0.15, 0.2) is 12.3 Å². The number of hydrogen-bond donors (Lipinski definition) is 0. The van der Waals surface area contributed by atoms with Crippen molar-refractivity contribution < 1.29 is 4.79 Å². The van der Waals surface area contributed by atoms with Gasteiger partial charge in [0.15, 0.2) is 0 Å². The van der Waals surface area contributed by atoms with Gasteiger partial charge in [0, 0.05) is 19.3 Å². The van der Waals surface area contributed by atoms with Crippen molar-refractivity contribution in [2.75, 3.05) is 13.1 Å². The molecule has 5 rings (SSSR count). The zero-order chi connectivity index (χ0) is 14.0. The Labute approximate surface area is 127 Å². The maximum absolute atomic E-state index is 12.7. The average Bonchev–Trinajstić information content (AvgIpc) is 2.82. The summed E-state index contributed by atoms with van der Waals surface area (Å²) in [6.45, 7) is 1.95. The van der Waals surface area contributed by atoms with Gasteiger partial charge in [-0.3, -0.25) is 9.48 Å². The molecule has 2 saturated carbocycles. The van der Waals surface area contributed by atoms with Gasteiger partial charge in [-0.05, 0) is 43.6 Å². The second kappa shape index (κ2) is 4.32. The Kier molecular flexibility index (Phi) is 2.51. The molecule has 0 unspecified atom stereocenters. The number of amides is 1. The first-order valence-corrected chi connectivity index (χ1v) is 8.87. The van der Waals surface area contributed by atoms with Gasteiger partial charge < -0.3 is 4.90 Å². The summed E-state index contributed by atoms with van der Waals surface area (Å²) in [5.74, 6) is 1.76. The van der Waals surface area contributed by atoms with Crippen LogP contribution in [0.25, 0.3) is 10.2 Å². The third-order valence-corrected chi connectivity index (χ3v) is 6.41. The third-order valence-electron chi connectivity index (χ3n) is 5.36. The molecule has 2 aromatic heterocycles. The van der Waals surface area contributed by atoms with E-state index in [4.69, 9.17) is 0 Å². The minimum atomic E-state index is 0.227. The van der Waals surface area contributed by atoms with Crippen molar-refractivity contribution in [3.05, 3.63) is 17.1 Å². The van der Waals surface area contributed by atoms with E-state index < -0.39 is 0 Å². The lowest BCUT2D eigenvalue weighted by atomic mass is 10.0. The Morgan fingerprint density at radius 2 is 1.95 bits per heavy atom. The smallest absolute Gasteiger partial charge is 0.264 e. The largest absolute Gasteiger partial charge is 0.337 e. The maximum Gasteiger partial charge on any atom is 0.264 e. The van der Waals surface area contributed by atoms with Crippen molar-refractivity contribution in [3.8, 4) is 0 Å². The standard InChI is InChI=1S/C16H19N3OS/c20-16(18-7-10-2-1-3-11(10)8-18)14-6-13-15(21-14)9-19(17-13)12-4-5-12/h6,9-12H,1-5,7-8H2/t10-,11+. The minimum Gasteiger partial charge on any atom is -0.337 e. The van der Waals surface area contributed by atoms with Crippen LogP contribution in [0, 0.1) is 11.8 Å². The van der Waals surface area contributed by atoms with E-state index in [1.807, 2.05) is 6.07 Å². The molecule has 0 spiro atoms. The molecule has 5 heteroatoms. The summed E-state index contributed by atoms with van der Waals surface area (Å²) in [5, 5.41) is 4.62. The van der Waals surface area contributed by atoms with E-state index >= 15 is 0 Å². The number of fused-ring (bicyclic) bond motifs is 2. The van der Waals surface area contributed by atoms with Crippen molar-refractivity contribution in [1.82, 2.24) is 14.7 Å². The van der Waals surface area contributed by atoms with E-state index in [1.54, 1.807) is 11.3 Å². The molecule has 0 aromatic carbocycles. The van der Waals surface area contributed by atoms with Crippen molar-refractivity contribution in [2.24, 2.45) is 11.8 Å². The number of carbonyl (C=O) groups excluding carboxylic acids is 1. The van der Waals surface area contributed by atoms with Gasteiger partial charge in [0.25, 0.3) is 5.91 Å². The number of nitrogens with zero attached hydrogens (tertiary/aromatic N) is 3. The Bertz CT molecular complexity index is 671. The Morgan fingerprint density at radius 1 is 1.19 bits per heavy atom. The monoisotopic (exact) mass is 301 g/mol. The molecule has 1 amide bonds. The molecule has 2 atom stereocenters. The van der Waals surface area contributed by atoms with Crippen LogP contribution < -0.4 is 0 Å². The first-order chi connectivity index (χ1) is 10.3. The number of thiophene rings is 1. The van der Waals surface area contributed by atoms with Gasteiger partial charge in [-0.15, -0.1) is 11.3 Å². The van der Waals surface area contributed by atoms with Crippen molar-refractivity contribution in [3.63, 3.8) is 0 Å². The second-order valence-corrected chi connectivity index (χ2v) is 7.95. The van der Waals surface area contributed by atoms with Crippen LogP contribution in [0.4, 0.5) is 0 Å². The Hall–Kier alpha value is -1.36. The fraction of sp³-hybridized carbons (Fsp3) is 0.625. The predicted molar refractivity (Wildman–Crippen MR) is 82.6 cm³/mol. The quantitative estimate of drug-likeness (QED) is 0.853. The highest BCUT2D eigenvalue weighted by Gasteiger charge is 2.38. The molecular formula is C16H19N3OS. The number of likely N-dealkylation sites (tertiary alicyclic amines) is 1. The van der Waals surface area contributed by atoms with E-state index in [-0.39, 0.29) is 5.91 Å². The molecule has 2 aliphatic carbocycles. The summed E-state index contributed by atoms with van der Waals surface area (Å²) < 4.78 is 3.24. The summed E-state index contributed by atoms with van der Waals surface area (Å²) in [4.78, 5) is 15.6. The van der Waals surface area contributed by atoms with Crippen LogP contribution in [-0.4, -0.2) is 33.7 Å². The molecule has 0 bridgehead atoms. The maximum atomic E-state index is 12.7. The fourth-order valence-electron chi connectivity index (χ4n) is 4.03. The number of rotatable bonds is 2. The normalized spacial score (nSPS) is 28.5. The molecule has 1 aliphatic heterocycles. The van der Waals surface area contributed by atoms with Crippen LogP contribution in [0.3, 0.4) is 0 Å². The minimum absolute atomic E-state index is 0.227. The lowest BCUT2D eigenvalue weighted by Gasteiger charge is -2.15. The zero-order valence-electron chi connectivity index (χ0n) is 12.0. The zero-order valence-corrected chi connectivity index (χ0v) is 12.8. The van der Waals surface area contributed by atoms with E-state index in [0.717, 1.165) is 40.0 Å². The van der Waals surface area contributed by atoms with Gasteiger partial charge in [0.05, 0.1) is 15.6 Å². The van der Waals surface area contributed by atoms with E-state index in [0.29, 0.717) is 6.04 Å². The van der Waals surface area contributed by atoms with Gasteiger partial charge in [0.1, 0.15) is 5.52 Å². The topological polar surface area (TPSA) is 38.1 Å². The fourth-order valence-corrected chi connectivity index (χ4v) is 5.02.